The molecule has 5 heteroatoms. The SMILES string of the molecule is Cc1[nH]ncc1C(=O)N1CCCNc2ccccc21. The molecule has 1 aliphatic rings. The molecule has 3 rings (SSSR count). The highest BCUT2D eigenvalue weighted by molar-refractivity contribution is 6.08. The molecule has 0 bridgehead atoms. The zero-order chi connectivity index (χ0) is 13.2. The fourth-order valence-corrected chi connectivity index (χ4v) is 2.36. The molecule has 0 saturated heterocycles. The normalized spacial score (nSPS) is 14.5. The van der Waals surface area contributed by atoms with E-state index in [2.05, 4.69) is 15.5 Å². The van der Waals surface area contributed by atoms with Gasteiger partial charge < -0.3 is 10.2 Å². The minimum atomic E-state index is 0.00222. The van der Waals surface area contributed by atoms with Gasteiger partial charge in [0, 0.05) is 18.8 Å². The van der Waals surface area contributed by atoms with Crippen LogP contribution in [0.5, 0.6) is 0 Å². The molecule has 2 aromatic rings. The van der Waals surface area contributed by atoms with E-state index >= 15 is 0 Å². The quantitative estimate of drug-likeness (QED) is 0.822. The van der Waals surface area contributed by atoms with E-state index in [1.54, 1.807) is 6.20 Å². The Bertz CT molecular complexity index is 605. The molecule has 0 saturated carbocycles. The molecular formula is C14H16N4O. The highest BCUT2D eigenvalue weighted by Crippen LogP contribution is 2.29. The summed E-state index contributed by atoms with van der Waals surface area (Å²) in [4.78, 5) is 14.5. The summed E-state index contributed by atoms with van der Waals surface area (Å²) in [5, 5.41) is 10.1. The van der Waals surface area contributed by atoms with Crippen LogP contribution in [0.4, 0.5) is 11.4 Å². The van der Waals surface area contributed by atoms with Gasteiger partial charge in [-0.05, 0) is 25.5 Å². The number of H-pyrrole nitrogens is 1. The number of hydrogen-bond acceptors (Lipinski definition) is 3. The van der Waals surface area contributed by atoms with Gasteiger partial charge in [-0.1, -0.05) is 12.1 Å². The second-order valence-corrected chi connectivity index (χ2v) is 4.66. The molecule has 2 N–H and O–H groups in total. The van der Waals surface area contributed by atoms with Crippen LogP contribution in [0.1, 0.15) is 22.5 Å². The number of benzene rings is 1. The fourth-order valence-electron chi connectivity index (χ4n) is 2.36. The van der Waals surface area contributed by atoms with Crippen LogP contribution < -0.4 is 10.2 Å². The molecule has 1 aromatic heterocycles. The fraction of sp³-hybridized carbons (Fsp3) is 0.286. The average Bonchev–Trinajstić information content (AvgIpc) is 2.74. The molecule has 0 fully saturated rings. The number of aromatic amines is 1. The molecular weight excluding hydrogens is 240 g/mol. The Labute approximate surface area is 111 Å². The van der Waals surface area contributed by atoms with Crippen LogP contribution in [0.25, 0.3) is 0 Å². The van der Waals surface area contributed by atoms with Gasteiger partial charge in [0.2, 0.25) is 0 Å². The zero-order valence-corrected chi connectivity index (χ0v) is 10.8. The number of carbonyl (C=O) groups excluding carboxylic acids is 1. The van der Waals surface area contributed by atoms with Crippen molar-refractivity contribution in [2.24, 2.45) is 0 Å². The Morgan fingerprint density at radius 2 is 2.21 bits per heavy atom. The summed E-state index contributed by atoms with van der Waals surface area (Å²) in [6.07, 6.45) is 2.52. The van der Waals surface area contributed by atoms with Crippen molar-refractivity contribution in [2.75, 3.05) is 23.3 Å². The van der Waals surface area contributed by atoms with Crippen molar-refractivity contribution in [3.63, 3.8) is 0 Å². The van der Waals surface area contributed by atoms with Gasteiger partial charge in [0.25, 0.3) is 5.91 Å². The molecule has 98 valence electrons. The molecule has 1 aromatic carbocycles. The lowest BCUT2D eigenvalue weighted by Crippen LogP contribution is -2.31. The molecule has 0 radical (unpaired) electrons. The van der Waals surface area contributed by atoms with Crippen molar-refractivity contribution < 1.29 is 4.79 Å². The van der Waals surface area contributed by atoms with Crippen molar-refractivity contribution in [3.05, 3.63) is 41.7 Å². The van der Waals surface area contributed by atoms with Crippen LogP contribution in [0, 0.1) is 6.92 Å². The summed E-state index contributed by atoms with van der Waals surface area (Å²) in [7, 11) is 0. The Balaban J connectivity index is 2.01. The summed E-state index contributed by atoms with van der Waals surface area (Å²) < 4.78 is 0. The highest BCUT2D eigenvalue weighted by atomic mass is 16.2. The maximum Gasteiger partial charge on any atom is 0.261 e. The van der Waals surface area contributed by atoms with Gasteiger partial charge in [0.15, 0.2) is 0 Å². The van der Waals surface area contributed by atoms with Crippen molar-refractivity contribution in [2.45, 2.75) is 13.3 Å². The molecule has 1 amide bonds. The molecule has 2 heterocycles. The number of aryl methyl sites for hydroxylation is 1. The molecule has 0 spiro atoms. The lowest BCUT2D eigenvalue weighted by molar-refractivity contribution is 0.0987. The van der Waals surface area contributed by atoms with E-state index in [0.717, 1.165) is 30.0 Å². The third-order valence-corrected chi connectivity index (χ3v) is 3.37. The van der Waals surface area contributed by atoms with E-state index < -0.39 is 0 Å². The van der Waals surface area contributed by atoms with Crippen molar-refractivity contribution in [1.29, 1.82) is 0 Å². The Kier molecular flexibility index (Phi) is 2.95. The van der Waals surface area contributed by atoms with Crippen LogP contribution in [0.3, 0.4) is 0 Å². The predicted octanol–water partition coefficient (Wildman–Crippen LogP) is 2.18. The first-order valence-electron chi connectivity index (χ1n) is 6.42. The Morgan fingerprint density at radius 1 is 1.37 bits per heavy atom. The maximum absolute atomic E-state index is 12.6. The highest BCUT2D eigenvalue weighted by Gasteiger charge is 2.23. The second-order valence-electron chi connectivity index (χ2n) is 4.66. The van der Waals surface area contributed by atoms with Crippen LogP contribution in [0.15, 0.2) is 30.5 Å². The summed E-state index contributed by atoms with van der Waals surface area (Å²) in [5.41, 5.74) is 3.39. The monoisotopic (exact) mass is 256 g/mol. The molecule has 5 nitrogen and oxygen atoms in total. The first kappa shape index (κ1) is 11.8. The number of rotatable bonds is 1. The largest absolute Gasteiger partial charge is 0.383 e. The first-order chi connectivity index (χ1) is 9.27. The van der Waals surface area contributed by atoms with Gasteiger partial charge in [-0.2, -0.15) is 5.10 Å². The van der Waals surface area contributed by atoms with Gasteiger partial charge in [-0.15, -0.1) is 0 Å². The van der Waals surface area contributed by atoms with Gasteiger partial charge in [-0.3, -0.25) is 9.89 Å². The number of carbonyl (C=O) groups is 1. The average molecular weight is 256 g/mol. The third kappa shape index (κ3) is 2.07. The van der Waals surface area contributed by atoms with E-state index in [0.29, 0.717) is 12.1 Å². The minimum Gasteiger partial charge on any atom is -0.383 e. The van der Waals surface area contributed by atoms with Crippen LogP contribution in [0.2, 0.25) is 0 Å². The van der Waals surface area contributed by atoms with Crippen LogP contribution in [-0.2, 0) is 0 Å². The van der Waals surface area contributed by atoms with E-state index in [4.69, 9.17) is 0 Å². The number of nitrogens with zero attached hydrogens (tertiary/aromatic N) is 2. The standard InChI is InChI=1S/C14H16N4O/c1-10-11(9-16-17-10)14(19)18-8-4-7-15-12-5-2-3-6-13(12)18/h2-3,5-6,9,15H,4,7-8H2,1H3,(H,16,17). The van der Waals surface area contributed by atoms with E-state index in [-0.39, 0.29) is 5.91 Å². The first-order valence-corrected chi connectivity index (χ1v) is 6.42. The molecule has 0 atom stereocenters. The van der Waals surface area contributed by atoms with E-state index in [9.17, 15) is 4.79 Å². The number of aromatic nitrogens is 2. The summed E-state index contributed by atoms with van der Waals surface area (Å²) in [6.45, 7) is 3.46. The Hall–Kier alpha value is -2.30. The molecule has 0 aliphatic carbocycles. The van der Waals surface area contributed by atoms with Gasteiger partial charge in [-0.25, -0.2) is 0 Å². The van der Waals surface area contributed by atoms with E-state index in [1.165, 1.54) is 0 Å². The summed E-state index contributed by atoms with van der Waals surface area (Å²) >= 11 is 0. The van der Waals surface area contributed by atoms with Gasteiger partial charge in [0.05, 0.1) is 23.1 Å². The number of para-hydroxylation sites is 2. The van der Waals surface area contributed by atoms with Crippen molar-refractivity contribution in [1.82, 2.24) is 10.2 Å². The third-order valence-electron chi connectivity index (χ3n) is 3.37. The minimum absolute atomic E-state index is 0.00222. The zero-order valence-electron chi connectivity index (χ0n) is 10.8. The van der Waals surface area contributed by atoms with Crippen LogP contribution in [-0.4, -0.2) is 29.2 Å². The Morgan fingerprint density at radius 3 is 3.00 bits per heavy atom. The molecule has 1 aliphatic heterocycles. The summed E-state index contributed by atoms with van der Waals surface area (Å²) in [6, 6.07) is 7.90. The number of hydrogen-bond donors (Lipinski definition) is 2. The maximum atomic E-state index is 12.6. The van der Waals surface area contributed by atoms with Crippen molar-refractivity contribution >= 4 is 17.3 Å². The number of fused-ring (bicyclic) bond motifs is 1. The van der Waals surface area contributed by atoms with Gasteiger partial charge >= 0.3 is 0 Å². The molecule has 19 heavy (non-hydrogen) atoms. The number of anilines is 2. The topological polar surface area (TPSA) is 61.0 Å². The van der Waals surface area contributed by atoms with E-state index in [1.807, 2.05) is 36.1 Å². The second kappa shape index (κ2) is 4.76. The van der Waals surface area contributed by atoms with Crippen LogP contribution >= 0.6 is 0 Å². The van der Waals surface area contributed by atoms with Crippen molar-refractivity contribution in [3.8, 4) is 0 Å². The number of nitrogens with one attached hydrogen (secondary N) is 2. The molecule has 0 unspecified atom stereocenters. The smallest absolute Gasteiger partial charge is 0.261 e. The lowest BCUT2D eigenvalue weighted by atomic mass is 10.2. The van der Waals surface area contributed by atoms with Gasteiger partial charge in [0.1, 0.15) is 0 Å². The predicted molar refractivity (Wildman–Crippen MR) is 74.5 cm³/mol. The summed E-state index contributed by atoms with van der Waals surface area (Å²) in [5.74, 6) is 0.00222. The number of amides is 1. The lowest BCUT2D eigenvalue weighted by Gasteiger charge is -2.22.